The molecule has 1 aliphatic heterocycles. The van der Waals surface area contributed by atoms with Crippen LogP contribution in [0.1, 0.15) is 44.1 Å². The number of aliphatic hydroxyl groups excluding tert-OH is 1. The molecule has 1 saturated carbocycles. The molecule has 0 radical (unpaired) electrons. The first kappa shape index (κ1) is 20.3. The predicted octanol–water partition coefficient (Wildman–Crippen LogP) is 3.89. The van der Waals surface area contributed by atoms with Crippen LogP contribution in [0.5, 0.6) is 0 Å². The SMILES string of the molecule is Cl.O=C1C(Cc2ccc(NCCO)cc2Cl)CCN1C1CCCCC1. The molecule has 1 aliphatic carbocycles. The van der Waals surface area contributed by atoms with Gasteiger partial charge in [-0.05, 0) is 43.4 Å². The van der Waals surface area contributed by atoms with Gasteiger partial charge in [0.1, 0.15) is 0 Å². The van der Waals surface area contributed by atoms with Gasteiger partial charge in [-0.25, -0.2) is 0 Å². The summed E-state index contributed by atoms with van der Waals surface area (Å²) in [6.07, 6.45) is 7.83. The van der Waals surface area contributed by atoms with Crippen LogP contribution in [-0.2, 0) is 11.2 Å². The van der Waals surface area contributed by atoms with Crippen LogP contribution in [0.25, 0.3) is 0 Å². The highest BCUT2D eigenvalue weighted by Gasteiger charge is 2.36. The van der Waals surface area contributed by atoms with Crippen molar-refractivity contribution in [2.24, 2.45) is 5.92 Å². The lowest BCUT2D eigenvalue weighted by Gasteiger charge is -2.31. The highest BCUT2D eigenvalue weighted by molar-refractivity contribution is 6.31. The minimum Gasteiger partial charge on any atom is -0.395 e. The van der Waals surface area contributed by atoms with E-state index in [-0.39, 0.29) is 24.9 Å². The van der Waals surface area contributed by atoms with Gasteiger partial charge in [-0.1, -0.05) is 36.9 Å². The first-order valence-corrected chi connectivity index (χ1v) is 9.50. The first-order valence-electron chi connectivity index (χ1n) is 9.12. The van der Waals surface area contributed by atoms with E-state index in [2.05, 4.69) is 10.2 Å². The van der Waals surface area contributed by atoms with Crippen molar-refractivity contribution in [2.75, 3.05) is 25.0 Å². The zero-order valence-electron chi connectivity index (χ0n) is 14.5. The van der Waals surface area contributed by atoms with Gasteiger partial charge < -0.3 is 15.3 Å². The Kier molecular flexibility index (Phi) is 7.85. The number of benzene rings is 1. The predicted molar refractivity (Wildman–Crippen MR) is 105 cm³/mol. The Labute approximate surface area is 161 Å². The molecule has 1 aromatic rings. The number of aliphatic hydroxyl groups is 1. The van der Waals surface area contributed by atoms with Crippen molar-refractivity contribution in [3.8, 4) is 0 Å². The molecule has 0 aromatic heterocycles. The monoisotopic (exact) mass is 386 g/mol. The Bertz CT molecular complexity index is 577. The van der Waals surface area contributed by atoms with E-state index in [1.807, 2.05) is 18.2 Å². The Balaban J connectivity index is 0.00000225. The lowest BCUT2D eigenvalue weighted by molar-refractivity contribution is -0.133. The molecule has 2 N–H and O–H groups in total. The molecule has 0 spiro atoms. The fourth-order valence-electron chi connectivity index (χ4n) is 4.00. The maximum Gasteiger partial charge on any atom is 0.226 e. The summed E-state index contributed by atoms with van der Waals surface area (Å²) in [7, 11) is 0. The lowest BCUT2D eigenvalue weighted by atomic mass is 9.94. The van der Waals surface area contributed by atoms with Crippen molar-refractivity contribution in [2.45, 2.75) is 51.0 Å². The summed E-state index contributed by atoms with van der Waals surface area (Å²) in [6.45, 7) is 1.50. The van der Waals surface area contributed by atoms with E-state index in [1.165, 1.54) is 32.1 Å². The third-order valence-corrected chi connectivity index (χ3v) is 5.68. The molecule has 0 bridgehead atoms. The largest absolute Gasteiger partial charge is 0.395 e. The second-order valence-corrected chi connectivity index (χ2v) is 7.38. The normalized spacial score (nSPS) is 21.3. The van der Waals surface area contributed by atoms with Crippen LogP contribution < -0.4 is 5.32 Å². The minimum absolute atomic E-state index is 0. The maximum absolute atomic E-state index is 12.8. The van der Waals surface area contributed by atoms with Crippen molar-refractivity contribution in [3.05, 3.63) is 28.8 Å². The number of rotatable bonds is 6. The zero-order chi connectivity index (χ0) is 16.9. The average molecular weight is 387 g/mol. The molecule has 25 heavy (non-hydrogen) atoms. The number of halogens is 2. The molecule has 2 aliphatic rings. The molecule has 4 nitrogen and oxygen atoms in total. The number of likely N-dealkylation sites (tertiary alicyclic amines) is 1. The third-order valence-electron chi connectivity index (χ3n) is 5.33. The van der Waals surface area contributed by atoms with E-state index in [0.29, 0.717) is 23.5 Å². The molecule has 1 atom stereocenters. The minimum atomic E-state index is 0. The smallest absolute Gasteiger partial charge is 0.226 e. The molecule has 6 heteroatoms. The molecule has 1 saturated heterocycles. The zero-order valence-corrected chi connectivity index (χ0v) is 16.1. The van der Waals surface area contributed by atoms with Crippen molar-refractivity contribution in [1.82, 2.24) is 4.90 Å². The molecule has 1 heterocycles. The van der Waals surface area contributed by atoms with Crippen molar-refractivity contribution < 1.29 is 9.90 Å². The summed E-state index contributed by atoms with van der Waals surface area (Å²) in [4.78, 5) is 14.9. The van der Waals surface area contributed by atoms with Crippen LogP contribution >= 0.6 is 24.0 Å². The van der Waals surface area contributed by atoms with Gasteiger partial charge in [0.15, 0.2) is 0 Å². The van der Waals surface area contributed by atoms with E-state index < -0.39 is 0 Å². The summed E-state index contributed by atoms with van der Waals surface area (Å²) in [5.74, 6) is 0.390. The van der Waals surface area contributed by atoms with E-state index in [9.17, 15) is 4.79 Å². The Morgan fingerprint density at radius 2 is 1.96 bits per heavy atom. The maximum atomic E-state index is 12.8. The fraction of sp³-hybridized carbons (Fsp3) is 0.632. The molecular formula is C19H28Cl2N2O2. The number of carbonyl (C=O) groups excluding carboxylic acids is 1. The molecule has 2 fully saturated rings. The summed E-state index contributed by atoms with van der Waals surface area (Å²) in [6, 6.07) is 6.32. The summed E-state index contributed by atoms with van der Waals surface area (Å²) in [5.41, 5.74) is 1.94. The van der Waals surface area contributed by atoms with E-state index >= 15 is 0 Å². The number of hydrogen-bond acceptors (Lipinski definition) is 3. The lowest BCUT2D eigenvalue weighted by Crippen LogP contribution is -2.39. The number of amides is 1. The van der Waals surface area contributed by atoms with E-state index in [0.717, 1.165) is 30.6 Å². The van der Waals surface area contributed by atoms with Gasteiger partial charge in [-0.15, -0.1) is 12.4 Å². The first-order chi connectivity index (χ1) is 11.7. The quantitative estimate of drug-likeness (QED) is 0.779. The van der Waals surface area contributed by atoms with Gasteiger partial charge in [0.25, 0.3) is 0 Å². The summed E-state index contributed by atoms with van der Waals surface area (Å²) in [5, 5.41) is 12.7. The van der Waals surface area contributed by atoms with Crippen LogP contribution in [0, 0.1) is 5.92 Å². The molecule has 1 unspecified atom stereocenters. The average Bonchev–Trinajstić information content (AvgIpc) is 2.96. The number of carbonyl (C=O) groups is 1. The van der Waals surface area contributed by atoms with E-state index in [1.54, 1.807) is 0 Å². The molecule has 3 rings (SSSR count). The number of nitrogens with one attached hydrogen (secondary N) is 1. The van der Waals surface area contributed by atoms with Gasteiger partial charge in [0.05, 0.1) is 6.61 Å². The highest BCUT2D eigenvalue weighted by Crippen LogP contribution is 2.32. The van der Waals surface area contributed by atoms with Gasteiger partial charge in [0.2, 0.25) is 5.91 Å². The van der Waals surface area contributed by atoms with Gasteiger partial charge >= 0.3 is 0 Å². The number of hydrogen-bond donors (Lipinski definition) is 2. The van der Waals surface area contributed by atoms with Crippen molar-refractivity contribution >= 4 is 35.6 Å². The Morgan fingerprint density at radius 1 is 1.20 bits per heavy atom. The van der Waals surface area contributed by atoms with Crippen molar-refractivity contribution in [3.63, 3.8) is 0 Å². The second-order valence-electron chi connectivity index (χ2n) is 6.97. The van der Waals surface area contributed by atoms with Gasteiger partial charge in [-0.2, -0.15) is 0 Å². The van der Waals surface area contributed by atoms with Crippen LogP contribution in [-0.4, -0.2) is 41.7 Å². The highest BCUT2D eigenvalue weighted by atomic mass is 35.5. The van der Waals surface area contributed by atoms with E-state index in [4.69, 9.17) is 16.7 Å². The Morgan fingerprint density at radius 3 is 2.64 bits per heavy atom. The van der Waals surface area contributed by atoms with Crippen LogP contribution in [0.2, 0.25) is 5.02 Å². The molecule has 1 amide bonds. The fourth-order valence-corrected chi connectivity index (χ4v) is 4.25. The Hall–Kier alpha value is -0.970. The van der Waals surface area contributed by atoms with Crippen molar-refractivity contribution in [1.29, 1.82) is 0 Å². The van der Waals surface area contributed by atoms with Crippen LogP contribution in [0.4, 0.5) is 5.69 Å². The van der Waals surface area contributed by atoms with Crippen LogP contribution in [0.15, 0.2) is 18.2 Å². The number of nitrogens with zero attached hydrogens (tertiary/aromatic N) is 1. The second kappa shape index (κ2) is 9.65. The number of anilines is 1. The van der Waals surface area contributed by atoms with Crippen LogP contribution in [0.3, 0.4) is 0 Å². The molecule has 1 aromatic carbocycles. The summed E-state index contributed by atoms with van der Waals surface area (Å²) < 4.78 is 0. The van der Waals surface area contributed by atoms with Gasteiger partial charge in [0, 0.05) is 35.8 Å². The third kappa shape index (κ3) is 5.02. The summed E-state index contributed by atoms with van der Waals surface area (Å²) >= 11 is 6.39. The molecule has 140 valence electrons. The molecular weight excluding hydrogens is 359 g/mol. The van der Waals surface area contributed by atoms with Gasteiger partial charge in [-0.3, -0.25) is 4.79 Å². The standard InChI is InChI=1S/C19H27ClN2O2.ClH/c20-18-13-16(21-9-11-23)7-6-14(18)12-15-8-10-22(19(15)24)17-4-2-1-3-5-17;/h6-7,13,15,17,21,23H,1-5,8-12H2;1H. The topological polar surface area (TPSA) is 52.6 Å².